The van der Waals surface area contributed by atoms with E-state index in [-0.39, 0.29) is 5.54 Å². The van der Waals surface area contributed by atoms with Crippen molar-refractivity contribution in [2.24, 2.45) is 7.05 Å². The number of nitrogens with one attached hydrogen (secondary N) is 1. The summed E-state index contributed by atoms with van der Waals surface area (Å²) >= 11 is 0. The summed E-state index contributed by atoms with van der Waals surface area (Å²) in [6.07, 6.45) is 7.56. The van der Waals surface area contributed by atoms with Crippen LogP contribution in [0.3, 0.4) is 0 Å². The largest absolute Gasteiger partial charge is 0.318 e. The van der Waals surface area contributed by atoms with Crippen molar-refractivity contribution >= 4 is 0 Å². The van der Waals surface area contributed by atoms with Gasteiger partial charge < -0.3 is 9.88 Å². The predicted octanol–water partition coefficient (Wildman–Crippen LogP) is 1.59. The van der Waals surface area contributed by atoms with E-state index in [1.165, 1.54) is 32.1 Å². The zero-order valence-corrected chi connectivity index (χ0v) is 10.6. The van der Waals surface area contributed by atoms with Gasteiger partial charge in [0.25, 0.3) is 0 Å². The average molecular weight is 222 g/mol. The van der Waals surface area contributed by atoms with Gasteiger partial charge in [-0.2, -0.15) is 0 Å². The highest BCUT2D eigenvalue weighted by Gasteiger charge is 2.32. The molecule has 0 aromatic carbocycles. The molecule has 0 radical (unpaired) electrons. The smallest absolute Gasteiger partial charge is 0.134 e. The Labute approximate surface area is 97.5 Å². The zero-order chi connectivity index (χ0) is 11.6. The van der Waals surface area contributed by atoms with Crippen LogP contribution in [0.1, 0.15) is 43.8 Å². The van der Waals surface area contributed by atoms with Gasteiger partial charge in [-0.15, -0.1) is 10.2 Å². The first-order valence-corrected chi connectivity index (χ1v) is 6.21. The van der Waals surface area contributed by atoms with Crippen molar-refractivity contribution in [3.05, 3.63) is 11.6 Å². The van der Waals surface area contributed by atoms with Crippen LogP contribution in [0.4, 0.5) is 0 Å². The third-order valence-corrected chi connectivity index (χ3v) is 4.02. The fourth-order valence-corrected chi connectivity index (χ4v) is 2.65. The highest BCUT2D eigenvalue weighted by atomic mass is 15.3. The van der Waals surface area contributed by atoms with Gasteiger partial charge in [-0.05, 0) is 26.8 Å². The van der Waals surface area contributed by atoms with Crippen LogP contribution < -0.4 is 5.32 Å². The first-order chi connectivity index (χ1) is 7.67. The van der Waals surface area contributed by atoms with Gasteiger partial charge in [0.2, 0.25) is 0 Å². The molecule has 0 aliphatic heterocycles. The first kappa shape index (κ1) is 11.6. The van der Waals surface area contributed by atoms with Gasteiger partial charge in [-0.1, -0.05) is 19.3 Å². The minimum atomic E-state index is 0.255. The number of hydrogen-bond donors (Lipinski definition) is 1. The maximum absolute atomic E-state index is 4.28. The number of hydrogen-bond acceptors (Lipinski definition) is 3. The highest BCUT2D eigenvalue weighted by Crippen LogP contribution is 2.30. The van der Waals surface area contributed by atoms with Crippen LogP contribution in [0.5, 0.6) is 0 Å². The Bertz CT molecular complexity index is 350. The molecule has 0 spiro atoms. The van der Waals surface area contributed by atoms with Crippen LogP contribution in [0.15, 0.2) is 0 Å². The van der Waals surface area contributed by atoms with Crippen LogP contribution in [0.25, 0.3) is 0 Å². The summed E-state index contributed by atoms with van der Waals surface area (Å²) in [4.78, 5) is 0. The molecule has 1 aliphatic rings. The van der Waals surface area contributed by atoms with Crippen molar-refractivity contribution in [2.75, 3.05) is 7.05 Å². The van der Waals surface area contributed by atoms with E-state index in [1.54, 1.807) is 0 Å². The molecule has 0 bridgehead atoms. The Kier molecular flexibility index (Phi) is 3.28. The second-order valence-corrected chi connectivity index (χ2v) is 4.99. The van der Waals surface area contributed by atoms with Crippen LogP contribution >= 0.6 is 0 Å². The van der Waals surface area contributed by atoms with E-state index >= 15 is 0 Å². The third-order valence-electron chi connectivity index (χ3n) is 4.02. The van der Waals surface area contributed by atoms with Crippen LogP contribution in [-0.2, 0) is 13.5 Å². The van der Waals surface area contributed by atoms with Gasteiger partial charge >= 0.3 is 0 Å². The summed E-state index contributed by atoms with van der Waals surface area (Å²) in [7, 11) is 4.13. The molecule has 90 valence electrons. The van der Waals surface area contributed by atoms with Crippen molar-refractivity contribution in [1.82, 2.24) is 20.1 Å². The van der Waals surface area contributed by atoms with Gasteiger partial charge in [0.05, 0.1) is 0 Å². The molecule has 0 atom stereocenters. The molecule has 1 heterocycles. The molecule has 4 heteroatoms. The lowest BCUT2D eigenvalue weighted by Crippen LogP contribution is -2.47. The fourth-order valence-electron chi connectivity index (χ4n) is 2.65. The quantitative estimate of drug-likeness (QED) is 0.844. The number of nitrogens with zero attached hydrogens (tertiary/aromatic N) is 3. The van der Waals surface area contributed by atoms with Crippen molar-refractivity contribution in [3.63, 3.8) is 0 Å². The summed E-state index contributed by atoms with van der Waals surface area (Å²) < 4.78 is 2.10. The van der Waals surface area contributed by atoms with E-state index in [0.29, 0.717) is 0 Å². The van der Waals surface area contributed by atoms with Crippen molar-refractivity contribution in [1.29, 1.82) is 0 Å². The number of aryl methyl sites for hydroxylation is 1. The molecule has 1 aliphatic carbocycles. The monoisotopic (exact) mass is 222 g/mol. The summed E-state index contributed by atoms with van der Waals surface area (Å²) in [6.45, 7) is 2.00. The first-order valence-electron chi connectivity index (χ1n) is 6.21. The number of aromatic nitrogens is 3. The SMILES string of the molecule is CNC1(Cc2nnc(C)n2C)CCCCC1. The van der Waals surface area contributed by atoms with Gasteiger partial charge in [0.15, 0.2) is 0 Å². The number of likely N-dealkylation sites (N-methyl/N-ethyl adjacent to an activating group) is 1. The summed E-state index contributed by atoms with van der Waals surface area (Å²) in [5, 5.41) is 11.9. The zero-order valence-electron chi connectivity index (χ0n) is 10.6. The van der Waals surface area contributed by atoms with Crippen molar-refractivity contribution in [3.8, 4) is 0 Å². The summed E-state index contributed by atoms with van der Waals surface area (Å²) in [5.41, 5.74) is 0.255. The van der Waals surface area contributed by atoms with Crippen LogP contribution in [0.2, 0.25) is 0 Å². The maximum Gasteiger partial charge on any atom is 0.134 e. The second kappa shape index (κ2) is 4.53. The van der Waals surface area contributed by atoms with Gasteiger partial charge in [-0.3, -0.25) is 0 Å². The normalized spacial score (nSPS) is 19.9. The predicted molar refractivity (Wildman–Crippen MR) is 64.3 cm³/mol. The Morgan fingerprint density at radius 3 is 2.44 bits per heavy atom. The molecule has 1 fully saturated rings. The molecule has 0 saturated heterocycles. The fraction of sp³-hybridized carbons (Fsp3) is 0.833. The molecule has 0 amide bonds. The molecule has 1 saturated carbocycles. The lowest BCUT2D eigenvalue weighted by molar-refractivity contribution is 0.239. The molecule has 1 aromatic heterocycles. The van der Waals surface area contributed by atoms with E-state index in [1.807, 2.05) is 6.92 Å². The lowest BCUT2D eigenvalue weighted by atomic mass is 9.79. The van der Waals surface area contributed by atoms with E-state index < -0.39 is 0 Å². The van der Waals surface area contributed by atoms with Gasteiger partial charge in [0.1, 0.15) is 11.6 Å². The second-order valence-electron chi connectivity index (χ2n) is 4.99. The molecule has 0 unspecified atom stereocenters. The summed E-state index contributed by atoms with van der Waals surface area (Å²) in [5.74, 6) is 2.10. The Hall–Kier alpha value is -0.900. The minimum Gasteiger partial charge on any atom is -0.318 e. The van der Waals surface area contributed by atoms with E-state index in [0.717, 1.165) is 18.1 Å². The Balaban J connectivity index is 2.14. The Morgan fingerprint density at radius 1 is 1.25 bits per heavy atom. The van der Waals surface area contributed by atoms with Gasteiger partial charge in [-0.25, -0.2) is 0 Å². The molecular formula is C12H22N4. The molecule has 2 rings (SSSR count). The Morgan fingerprint density at radius 2 is 1.94 bits per heavy atom. The third kappa shape index (κ3) is 2.12. The average Bonchev–Trinajstić information content (AvgIpc) is 2.62. The molecule has 1 aromatic rings. The lowest BCUT2D eigenvalue weighted by Gasteiger charge is -2.36. The van der Waals surface area contributed by atoms with E-state index in [4.69, 9.17) is 0 Å². The molecule has 16 heavy (non-hydrogen) atoms. The standard InChI is InChI=1S/C12H22N4/c1-10-14-15-11(16(10)3)9-12(13-2)7-5-4-6-8-12/h13H,4-9H2,1-3H3. The topological polar surface area (TPSA) is 42.7 Å². The molecular weight excluding hydrogens is 200 g/mol. The van der Waals surface area contributed by atoms with E-state index in [2.05, 4.69) is 34.2 Å². The van der Waals surface area contributed by atoms with Crippen LogP contribution in [-0.4, -0.2) is 27.4 Å². The van der Waals surface area contributed by atoms with Gasteiger partial charge in [0, 0.05) is 19.0 Å². The highest BCUT2D eigenvalue weighted by molar-refractivity contribution is 5.02. The minimum absolute atomic E-state index is 0.255. The van der Waals surface area contributed by atoms with E-state index in [9.17, 15) is 0 Å². The summed E-state index contributed by atoms with van der Waals surface area (Å²) in [6, 6.07) is 0. The number of rotatable bonds is 3. The van der Waals surface area contributed by atoms with Crippen LogP contribution in [0, 0.1) is 6.92 Å². The van der Waals surface area contributed by atoms with Crippen molar-refractivity contribution in [2.45, 2.75) is 51.0 Å². The molecule has 1 N–H and O–H groups in total. The van der Waals surface area contributed by atoms with Crippen molar-refractivity contribution < 1.29 is 0 Å². The molecule has 4 nitrogen and oxygen atoms in total. The maximum atomic E-state index is 4.28.